The Labute approximate surface area is 159 Å². The molecule has 1 heterocycles. The van der Waals surface area contributed by atoms with Gasteiger partial charge < -0.3 is 5.32 Å². The minimum absolute atomic E-state index is 0.139. The number of hydrogen-bond donors (Lipinski definition) is 1. The van der Waals surface area contributed by atoms with Crippen LogP contribution in [0.25, 0.3) is 0 Å². The van der Waals surface area contributed by atoms with Crippen LogP contribution in [0, 0.1) is 17.3 Å². The van der Waals surface area contributed by atoms with Crippen LogP contribution >= 0.6 is 0 Å². The fourth-order valence-electron chi connectivity index (χ4n) is 4.09. The average molecular weight is 404 g/mol. The molecule has 2 fully saturated rings. The summed E-state index contributed by atoms with van der Waals surface area (Å²) in [6.07, 6.45) is -2.60. The van der Waals surface area contributed by atoms with Gasteiger partial charge in [0.1, 0.15) is 0 Å². The van der Waals surface area contributed by atoms with Gasteiger partial charge in [-0.05, 0) is 48.3 Å². The molecule has 1 aliphatic carbocycles. The minimum Gasteiger partial charge on any atom is -0.313 e. The molecule has 1 aromatic rings. The fraction of sp³-hybridized carbons (Fsp3) is 0.684. The Morgan fingerprint density at radius 3 is 2.48 bits per heavy atom. The van der Waals surface area contributed by atoms with Crippen molar-refractivity contribution in [2.75, 3.05) is 19.6 Å². The number of nitrogens with zero attached hydrogens (tertiary/aromatic N) is 1. The second-order valence-electron chi connectivity index (χ2n) is 8.90. The fourth-order valence-corrected chi connectivity index (χ4v) is 5.67. The third-order valence-electron chi connectivity index (χ3n) is 5.52. The lowest BCUT2D eigenvalue weighted by atomic mass is 9.94. The zero-order valence-corrected chi connectivity index (χ0v) is 16.7. The molecule has 152 valence electrons. The molecule has 3 unspecified atom stereocenters. The van der Waals surface area contributed by atoms with Crippen molar-refractivity contribution in [2.24, 2.45) is 17.3 Å². The van der Waals surface area contributed by atoms with Gasteiger partial charge in [0.25, 0.3) is 0 Å². The molecule has 1 N–H and O–H groups in total. The zero-order valence-electron chi connectivity index (χ0n) is 15.9. The molecule has 3 rings (SSSR count). The molecule has 0 aromatic heterocycles. The van der Waals surface area contributed by atoms with Gasteiger partial charge >= 0.3 is 6.18 Å². The monoisotopic (exact) mass is 404 g/mol. The van der Waals surface area contributed by atoms with Crippen molar-refractivity contribution in [2.45, 2.75) is 50.7 Å². The highest BCUT2D eigenvalue weighted by atomic mass is 32.2. The number of rotatable bonds is 4. The van der Waals surface area contributed by atoms with Crippen molar-refractivity contribution in [3.63, 3.8) is 0 Å². The second kappa shape index (κ2) is 7.04. The van der Waals surface area contributed by atoms with Gasteiger partial charge in [0, 0.05) is 25.7 Å². The van der Waals surface area contributed by atoms with Crippen LogP contribution in [0.2, 0.25) is 0 Å². The van der Waals surface area contributed by atoms with Gasteiger partial charge in [-0.15, -0.1) is 0 Å². The van der Waals surface area contributed by atoms with E-state index in [2.05, 4.69) is 26.1 Å². The van der Waals surface area contributed by atoms with E-state index < -0.39 is 21.8 Å². The molecule has 4 nitrogen and oxygen atoms in total. The molecule has 8 heteroatoms. The quantitative estimate of drug-likeness (QED) is 0.832. The van der Waals surface area contributed by atoms with E-state index in [1.54, 1.807) is 0 Å². The van der Waals surface area contributed by atoms with Crippen molar-refractivity contribution in [1.82, 2.24) is 9.62 Å². The lowest BCUT2D eigenvalue weighted by Crippen LogP contribution is -2.40. The van der Waals surface area contributed by atoms with Crippen LogP contribution < -0.4 is 5.32 Å². The number of benzene rings is 1. The van der Waals surface area contributed by atoms with Gasteiger partial charge in [-0.1, -0.05) is 26.8 Å². The van der Waals surface area contributed by atoms with Crippen molar-refractivity contribution in [3.05, 3.63) is 29.8 Å². The maximum absolute atomic E-state index is 12.9. The Morgan fingerprint density at radius 2 is 1.85 bits per heavy atom. The smallest absolute Gasteiger partial charge is 0.313 e. The number of halogens is 3. The Bertz CT molecular complexity index is 787. The molecule has 27 heavy (non-hydrogen) atoms. The molecule has 1 aliphatic heterocycles. The molecule has 1 saturated heterocycles. The first-order valence-corrected chi connectivity index (χ1v) is 10.7. The highest BCUT2D eigenvalue weighted by Gasteiger charge is 2.46. The first-order chi connectivity index (χ1) is 12.4. The number of sulfonamides is 1. The SMILES string of the molecule is CC(C)(C)CNC1CCC2CN(S(=O)(=O)c3cccc(C(F)(F)F)c3)CC21. The van der Waals surface area contributed by atoms with E-state index in [-0.39, 0.29) is 28.2 Å². The molecule has 0 radical (unpaired) electrons. The van der Waals surface area contributed by atoms with Gasteiger partial charge in [0.2, 0.25) is 10.0 Å². The van der Waals surface area contributed by atoms with E-state index in [0.717, 1.165) is 37.6 Å². The Balaban J connectivity index is 1.75. The van der Waals surface area contributed by atoms with Gasteiger partial charge in [-0.3, -0.25) is 0 Å². The van der Waals surface area contributed by atoms with Crippen LogP contribution in [-0.4, -0.2) is 38.4 Å². The number of nitrogens with one attached hydrogen (secondary N) is 1. The Kier molecular flexibility index (Phi) is 5.38. The second-order valence-corrected chi connectivity index (χ2v) is 10.8. The summed E-state index contributed by atoms with van der Waals surface area (Å²) < 4.78 is 66.0. The van der Waals surface area contributed by atoms with Crippen molar-refractivity contribution >= 4 is 10.0 Å². The van der Waals surface area contributed by atoms with E-state index >= 15 is 0 Å². The van der Waals surface area contributed by atoms with E-state index in [1.807, 2.05) is 0 Å². The molecular formula is C19H27F3N2O2S. The summed E-state index contributed by atoms with van der Waals surface area (Å²) in [4.78, 5) is -0.281. The van der Waals surface area contributed by atoms with E-state index in [0.29, 0.717) is 13.1 Å². The Morgan fingerprint density at radius 1 is 1.15 bits per heavy atom. The van der Waals surface area contributed by atoms with Crippen molar-refractivity contribution < 1.29 is 21.6 Å². The van der Waals surface area contributed by atoms with E-state index in [9.17, 15) is 21.6 Å². The number of hydrogen-bond acceptors (Lipinski definition) is 3. The number of alkyl halides is 3. The van der Waals surface area contributed by atoms with Crippen LogP contribution in [-0.2, 0) is 16.2 Å². The van der Waals surface area contributed by atoms with Crippen LogP contribution in [0.4, 0.5) is 13.2 Å². The molecule has 1 saturated carbocycles. The summed E-state index contributed by atoms with van der Waals surface area (Å²) in [7, 11) is -3.92. The standard InChI is InChI=1S/C19H27F3N2O2S/c1-18(2,3)12-23-17-8-7-13-10-24(11-16(13)17)27(25,26)15-6-4-5-14(9-15)19(20,21)22/h4-6,9,13,16-17,23H,7-8,10-12H2,1-3H3. The normalized spacial score (nSPS) is 27.1. The molecule has 3 atom stereocenters. The molecule has 0 bridgehead atoms. The van der Waals surface area contributed by atoms with Gasteiger partial charge in [-0.25, -0.2) is 8.42 Å². The third-order valence-corrected chi connectivity index (χ3v) is 7.34. The van der Waals surface area contributed by atoms with Crippen molar-refractivity contribution in [3.8, 4) is 0 Å². The predicted molar refractivity (Wildman–Crippen MR) is 97.7 cm³/mol. The molecule has 2 aliphatic rings. The summed E-state index contributed by atoms with van der Waals surface area (Å²) in [5.74, 6) is 0.482. The van der Waals surface area contributed by atoms with Gasteiger partial charge in [0.15, 0.2) is 0 Å². The van der Waals surface area contributed by atoms with Gasteiger partial charge in [0.05, 0.1) is 10.5 Å². The van der Waals surface area contributed by atoms with Crippen LogP contribution in [0.3, 0.4) is 0 Å². The Hall–Kier alpha value is -1.12. The lowest BCUT2D eigenvalue weighted by Gasteiger charge is -2.26. The largest absolute Gasteiger partial charge is 0.416 e. The topological polar surface area (TPSA) is 49.4 Å². The van der Waals surface area contributed by atoms with Crippen molar-refractivity contribution in [1.29, 1.82) is 0 Å². The predicted octanol–water partition coefficient (Wildman–Crippen LogP) is 3.74. The van der Waals surface area contributed by atoms with Gasteiger partial charge in [-0.2, -0.15) is 17.5 Å². The summed E-state index contributed by atoms with van der Waals surface area (Å²) >= 11 is 0. The summed E-state index contributed by atoms with van der Waals surface area (Å²) in [5.41, 5.74) is -0.798. The maximum Gasteiger partial charge on any atom is 0.416 e. The zero-order chi connectivity index (χ0) is 20.0. The van der Waals surface area contributed by atoms with Crippen LogP contribution in [0.15, 0.2) is 29.2 Å². The molecule has 0 spiro atoms. The first kappa shape index (κ1) is 20.6. The highest BCUT2D eigenvalue weighted by molar-refractivity contribution is 7.89. The van der Waals surface area contributed by atoms with E-state index in [1.165, 1.54) is 10.4 Å². The molecule has 0 amide bonds. The van der Waals surface area contributed by atoms with E-state index in [4.69, 9.17) is 0 Å². The third kappa shape index (κ3) is 4.49. The first-order valence-electron chi connectivity index (χ1n) is 9.29. The minimum atomic E-state index is -4.56. The maximum atomic E-state index is 12.9. The molecule has 1 aromatic carbocycles. The summed E-state index contributed by atoms with van der Waals surface area (Å²) in [5, 5.41) is 3.56. The number of fused-ring (bicyclic) bond motifs is 1. The summed E-state index contributed by atoms with van der Waals surface area (Å²) in [6, 6.07) is 4.29. The van der Waals surface area contributed by atoms with Crippen LogP contribution in [0.5, 0.6) is 0 Å². The molecular weight excluding hydrogens is 377 g/mol. The van der Waals surface area contributed by atoms with Crippen LogP contribution in [0.1, 0.15) is 39.2 Å². The highest BCUT2D eigenvalue weighted by Crippen LogP contribution is 2.41. The average Bonchev–Trinajstić information content (AvgIpc) is 3.12. The summed E-state index contributed by atoms with van der Waals surface area (Å²) in [6.45, 7) is 8.03. The lowest BCUT2D eigenvalue weighted by molar-refractivity contribution is -0.137.